The average Bonchev–Trinajstić information content (AvgIpc) is 2.83. The van der Waals surface area contributed by atoms with Crippen molar-refractivity contribution < 1.29 is 9.84 Å². The molecule has 0 amide bonds. The molecule has 0 spiro atoms. The van der Waals surface area contributed by atoms with Gasteiger partial charge >= 0.3 is 0 Å². The molecule has 22 heavy (non-hydrogen) atoms. The lowest BCUT2D eigenvalue weighted by atomic mass is 9.55. The van der Waals surface area contributed by atoms with Crippen LogP contribution in [0.1, 0.15) is 56.1 Å². The monoisotopic (exact) mass is 301 g/mol. The van der Waals surface area contributed by atoms with E-state index in [2.05, 4.69) is 13.0 Å². The third kappa shape index (κ3) is 1.78. The van der Waals surface area contributed by atoms with Crippen molar-refractivity contribution in [2.45, 2.75) is 57.5 Å². The number of nitrogen functional groups attached to an aromatic ring is 1. The lowest BCUT2D eigenvalue weighted by Crippen LogP contribution is -2.44. The fourth-order valence-corrected chi connectivity index (χ4v) is 5.82. The van der Waals surface area contributed by atoms with Gasteiger partial charge in [-0.15, -0.1) is 0 Å². The number of aliphatic hydroxyl groups is 1. The van der Waals surface area contributed by atoms with Gasteiger partial charge in [0.25, 0.3) is 0 Å². The Kier molecular flexibility index (Phi) is 3.19. The van der Waals surface area contributed by atoms with Crippen LogP contribution in [0, 0.1) is 17.3 Å². The maximum absolute atomic E-state index is 10.4. The first-order valence-electron chi connectivity index (χ1n) is 8.69. The number of hydrogen-bond donors (Lipinski definition) is 2. The summed E-state index contributed by atoms with van der Waals surface area (Å²) in [7, 11) is 1.69. The molecule has 2 fully saturated rings. The zero-order valence-corrected chi connectivity index (χ0v) is 13.6. The Morgan fingerprint density at radius 2 is 2.05 bits per heavy atom. The zero-order valence-electron chi connectivity index (χ0n) is 13.6. The predicted molar refractivity (Wildman–Crippen MR) is 88.0 cm³/mol. The first-order valence-corrected chi connectivity index (χ1v) is 8.69. The van der Waals surface area contributed by atoms with E-state index in [0.717, 1.165) is 36.6 Å². The van der Waals surface area contributed by atoms with E-state index >= 15 is 0 Å². The highest BCUT2D eigenvalue weighted by molar-refractivity contribution is 5.63. The Morgan fingerprint density at radius 1 is 1.23 bits per heavy atom. The van der Waals surface area contributed by atoms with Crippen molar-refractivity contribution in [1.29, 1.82) is 0 Å². The van der Waals surface area contributed by atoms with Crippen LogP contribution in [0.25, 0.3) is 0 Å². The van der Waals surface area contributed by atoms with Gasteiger partial charge in [0.15, 0.2) is 0 Å². The van der Waals surface area contributed by atoms with Crippen molar-refractivity contribution in [3.63, 3.8) is 0 Å². The van der Waals surface area contributed by atoms with Crippen LogP contribution in [0.4, 0.5) is 5.69 Å². The Labute approximate surface area is 132 Å². The normalized spacial score (nSPS) is 39.8. The fraction of sp³-hybridized carbons (Fsp3) is 0.684. The minimum Gasteiger partial charge on any atom is -0.495 e. The molecule has 120 valence electrons. The molecule has 3 aliphatic carbocycles. The number of rotatable bonds is 1. The van der Waals surface area contributed by atoms with Crippen molar-refractivity contribution in [2.24, 2.45) is 17.3 Å². The second-order valence-corrected chi connectivity index (χ2v) is 7.80. The number of methoxy groups -OCH3 is 1. The summed E-state index contributed by atoms with van der Waals surface area (Å²) >= 11 is 0. The first-order chi connectivity index (χ1) is 10.6. The van der Waals surface area contributed by atoms with Crippen LogP contribution in [-0.4, -0.2) is 18.3 Å². The van der Waals surface area contributed by atoms with E-state index < -0.39 is 0 Å². The Balaban J connectivity index is 1.72. The number of benzene rings is 1. The van der Waals surface area contributed by atoms with Crippen molar-refractivity contribution in [3.8, 4) is 5.75 Å². The summed E-state index contributed by atoms with van der Waals surface area (Å²) in [4.78, 5) is 0. The molecule has 3 N–H and O–H groups in total. The molecular formula is C19H27NO2. The molecule has 0 aromatic heterocycles. The number of ether oxygens (including phenoxy) is 1. The van der Waals surface area contributed by atoms with Crippen LogP contribution >= 0.6 is 0 Å². The number of hydrogen-bond acceptors (Lipinski definition) is 3. The molecule has 2 saturated carbocycles. The number of nitrogens with two attached hydrogens (primary N) is 1. The molecule has 3 aliphatic rings. The quantitative estimate of drug-likeness (QED) is 0.781. The molecule has 5 atom stereocenters. The molecule has 1 aromatic carbocycles. The van der Waals surface area contributed by atoms with Crippen LogP contribution in [0.5, 0.6) is 5.75 Å². The van der Waals surface area contributed by atoms with Crippen LogP contribution in [0.2, 0.25) is 0 Å². The average molecular weight is 301 g/mol. The highest BCUT2D eigenvalue weighted by Gasteiger charge is 2.54. The predicted octanol–water partition coefficient (Wildman–Crippen LogP) is 3.49. The summed E-state index contributed by atoms with van der Waals surface area (Å²) in [5.74, 6) is 2.84. The van der Waals surface area contributed by atoms with Crippen molar-refractivity contribution >= 4 is 5.69 Å². The van der Waals surface area contributed by atoms with Gasteiger partial charge in [0.2, 0.25) is 0 Å². The van der Waals surface area contributed by atoms with Gasteiger partial charge in [0.05, 0.1) is 18.9 Å². The highest BCUT2D eigenvalue weighted by Crippen LogP contribution is 2.61. The molecule has 0 bridgehead atoms. The minimum atomic E-state index is -0.0965. The molecular weight excluding hydrogens is 274 g/mol. The maximum Gasteiger partial charge on any atom is 0.142 e. The molecule has 0 aliphatic heterocycles. The Morgan fingerprint density at radius 3 is 2.82 bits per heavy atom. The molecule has 4 rings (SSSR count). The SMILES string of the molecule is COc1ccc2c(c1N)CC[C@H]1[C@@H]2CC[C@@]2(C)[C@@H](O)CC[C@@H]12. The summed E-state index contributed by atoms with van der Waals surface area (Å²) in [6, 6.07) is 4.28. The van der Waals surface area contributed by atoms with E-state index in [-0.39, 0.29) is 11.5 Å². The molecule has 0 saturated heterocycles. The van der Waals surface area contributed by atoms with E-state index in [4.69, 9.17) is 10.5 Å². The third-order valence-corrected chi connectivity index (χ3v) is 7.09. The van der Waals surface area contributed by atoms with Gasteiger partial charge in [0, 0.05) is 0 Å². The standard InChI is InChI=1S/C19H27NO2/c1-19-10-9-12-11-5-7-16(22-2)18(20)14(11)4-3-13(12)15(19)6-8-17(19)21/h5,7,12-13,15,17,21H,3-4,6,8-10,20H2,1-2H3/t12-,13+,15+,17+,19-/m1/s1. The van der Waals surface area contributed by atoms with E-state index in [0.29, 0.717) is 11.8 Å². The number of anilines is 1. The van der Waals surface area contributed by atoms with Gasteiger partial charge in [0.1, 0.15) is 5.75 Å². The van der Waals surface area contributed by atoms with Gasteiger partial charge in [-0.2, -0.15) is 0 Å². The topological polar surface area (TPSA) is 55.5 Å². The van der Waals surface area contributed by atoms with Crippen molar-refractivity contribution in [2.75, 3.05) is 12.8 Å². The van der Waals surface area contributed by atoms with Crippen LogP contribution < -0.4 is 10.5 Å². The maximum atomic E-state index is 10.4. The molecule has 0 unspecified atom stereocenters. The van der Waals surface area contributed by atoms with E-state index in [9.17, 15) is 5.11 Å². The van der Waals surface area contributed by atoms with Gasteiger partial charge in [-0.1, -0.05) is 13.0 Å². The third-order valence-electron chi connectivity index (χ3n) is 7.09. The Hall–Kier alpha value is -1.22. The van der Waals surface area contributed by atoms with Crippen LogP contribution in [0.3, 0.4) is 0 Å². The number of fused-ring (bicyclic) bond motifs is 5. The molecule has 0 radical (unpaired) electrons. The van der Waals surface area contributed by atoms with Crippen molar-refractivity contribution in [3.05, 3.63) is 23.3 Å². The second-order valence-electron chi connectivity index (χ2n) is 7.80. The van der Waals surface area contributed by atoms with Crippen LogP contribution in [0.15, 0.2) is 12.1 Å². The largest absolute Gasteiger partial charge is 0.495 e. The lowest BCUT2D eigenvalue weighted by molar-refractivity contribution is -0.0225. The molecule has 3 nitrogen and oxygen atoms in total. The summed E-state index contributed by atoms with van der Waals surface area (Å²) in [5, 5.41) is 10.4. The number of aliphatic hydroxyl groups excluding tert-OH is 1. The summed E-state index contributed by atoms with van der Waals surface area (Å²) in [5.41, 5.74) is 10.1. The molecule has 1 aromatic rings. The smallest absolute Gasteiger partial charge is 0.142 e. The van der Waals surface area contributed by atoms with Crippen molar-refractivity contribution in [1.82, 2.24) is 0 Å². The Bertz CT molecular complexity index is 599. The highest BCUT2D eigenvalue weighted by atomic mass is 16.5. The van der Waals surface area contributed by atoms with Gasteiger partial charge in [-0.05, 0) is 78.9 Å². The first kappa shape index (κ1) is 14.4. The molecule has 3 heteroatoms. The minimum absolute atomic E-state index is 0.0965. The van der Waals surface area contributed by atoms with E-state index in [1.807, 2.05) is 6.07 Å². The van der Waals surface area contributed by atoms with E-state index in [1.165, 1.54) is 30.4 Å². The van der Waals surface area contributed by atoms with Gasteiger partial charge in [-0.25, -0.2) is 0 Å². The summed E-state index contributed by atoms with van der Waals surface area (Å²) in [6.45, 7) is 2.32. The molecule has 0 heterocycles. The lowest BCUT2D eigenvalue weighted by Gasteiger charge is -2.50. The summed E-state index contributed by atoms with van der Waals surface area (Å²) in [6.07, 6.45) is 6.69. The van der Waals surface area contributed by atoms with Crippen LogP contribution in [-0.2, 0) is 6.42 Å². The van der Waals surface area contributed by atoms with Gasteiger partial charge < -0.3 is 15.6 Å². The summed E-state index contributed by atoms with van der Waals surface area (Å²) < 4.78 is 5.39. The zero-order chi connectivity index (χ0) is 15.5. The second kappa shape index (κ2) is 4.89. The fourth-order valence-electron chi connectivity index (χ4n) is 5.82. The van der Waals surface area contributed by atoms with Gasteiger partial charge in [-0.3, -0.25) is 0 Å². The van der Waals surface area contributed by atoms with E-state index in [1.54, 1.807) is 7.11 Å².